The van der Waals surface area contributed by atoms with Crippen molar-refractivity contribution in [2.24, 2.45) is 0 Å². The van der Waals surface area contributed by atoms with E-state index in [1.807, 2.05) is 66.7 Å². The standard InChI is InChI=1S/C27H25N5O4/c1-35-17-15-28-27(34)26(24-14-7-16-36-24)32(22-13-6-9-19-8-2-3-10-20(19)22)25(33)18-31-23-12-5-4-11-21(23)29-30-31/h2-14,16,26H,15,17-18H2,1H3,(H,28,34). The van der Waals surface area contributed by atoms with Crippen LogP contribution in [0.2, 0.25) is 0 Å². The van der Waals surface area contributed by atoms with Gasteiger partial charge in [-0.2, -0.15) is 0 Å². The first-order valence-electron chi connectivity index (χ1n) is 11.6. The topological polar surface area (TPSA) is 102 Å². The van der Waals surface area contributed by atoms with Crippen LogP contribution in [0.3, 0.4) is 0 Å². The molecule has 0 aliphatic rings. The molecule has 0 saturated heterocycles. The van der Waals surface area contributed by atoms with Gasteiger partial charge in [0.1, 0.15) is 17.8 Å². The van der Waals surface area contributed by atoms with Gasteiger partial charge in [0.05, 0.1) is 24.1 Å². The normalized spacial score (nSPS) is 12.0. The van der Waals surface area contributed by atoms with E-state index >= 15 is 0 Å². The molecule has 1 N–H and O–H groups in total. The number of benzene rings is 3. The van der Waals surface area contributed by atoms with Gasteiger partial charge in [0.2, 0.25) is 5.91 Å². The van der Waals surface area contributed by atoms with Crippen LogP contribution >= 0.6 is 0 Å². The minimum absolute atomic E-state index is 0.119. The van der Waals surface area contributed by atoms with Crippen molar-refractivity contribution in [3.63, 3.8) is 0 Å². The van der Waals surface area contributed by atoms with Crippen LogP contribution in [-0.4, -0.2) is 47.1 Å². The van der Waals surface area contributed by atoms with Gasteiger partial charge in [0, 0.05) is 19.0 Å². The van der Waals surface area contributed by atoms with E-state index in [4.69, 9.17) is 9.15 Å². The second-order valence-corrected chi connectivity index (χ2v) is 8.20. The van der Waals surface area contributed by atoms with E-state index < -0.39 is 6.04 Å². The van der Waals surface area contributed by atoms with Gasteiger partial charge in [-0.1, -0.05) is 53.7 Å². The van der Waals surface area contributed by atoms with Crippen molar-refractivity contribution in [2.45, 2.75) is 12.6 Å². The van der Waals surface area contributed by atoms with Crippen molar-refractivity contribution in [2.75, 3.05) is 25.2 Å². The second-order valence-electron chi connectivity index (χ2n) is 8.20. The quantitative estimate of drug-likeness (QED) is 0.321. The highest BCUT2D eigenvalue weighted by Crippen LogP contribution is 2.34. The number of nitrogens with one attached hydrogen (secondary N) is 1. The highest BCUT2D eigenvalue weighted by molar-refractivity contribution is 6.07. The van der Waals surface area contributed by atoms with E-state index in [9.17, 15) is 9.59 Å². The number of rotatable bonds is 9. The van der Waals surface area contributed by atoms with Crippen molar-refractivity contribution in [1.82, 2.24) is 20.3 Å². The Bertz CT molecular complexity index is 1490. The lowest BCUT2D eigenvalue weighted by Crippen LogP contribution is -2.45. The molecule has 0 aliphatic carbocycles. The molecule has 2 amide bonds. The number of carbonyl (C=O) groups is 2. The number of methoxy groups -OCH3 is 1. The fourth-order valence-electron chi connectivity index (χ4n) is 4.27. The number of fused-ring (bicyclic) bond motifs is 2. The molecule has 1 unspecified atom stereocenters. The van der Waals surface area contributed by atoms with Crippen molar-refractivity contribution in [3.8, 4) is 0 Å². The van der Waals surface area contributed by atoms with Crippen molar-refractivity contribution in [3.05, 3.63) is 90.9 Å². The number of para-hydroxylation sites is 1. The Kier molecular flexibility index (Phi) is 6.72. The van der Waals surface area contributed by atoms with Crippen LogP contribution in [0, 0.1) is 0 Å². The third-order valence-electron chi connectivity index (χ3n) is 5.92. The molecule has 0 fully saturated rings. The number of carbonyl (C=O) groups excluding carboxylic acids is 2. The van der Waals surface area contributed by atoms with Crippen molar-refractivity contribution in [1.29, 1.82) is 0 Å². The minimum atomic E-state index is -1.05. The van der Waals surface area contributed by atoms with E-state index in [1.165, 1.54) is 15.8 Å². The van der Waals surface area contributed by atoms with Gasteiger partial charge in [0.25, 0.3) is 5.91 Å². The van der Waals surface area contributed by atoms with Crippen LogP contribution in [0.15, 0.2) is 89.5 Å². The second kappa shape index (κ2) is 10.4. The summed E-state index contributed by atoms with van der Waals surface area (Å²) in [5.74, 6) is -0.383. The molecular formula is C27H25N5O4. The fraction of sp³-hybridized carbons (Fsp3) is 0.185. The van der Waals surface area contributed by atoms with Crippen LogP contribution in [0.4, 0.5) is 5.69 Å². The SMILES string of the molecule is COCCNC(=O)C(c1ccco1)N(C(=O)Cn1nnc2ccccc21)c1cccc2ccccc12. The third kappa shape index (κ3) is 4.56. The summed E-state index contributed by atoms with van der Waals surface area (Å²) in [6.45, 7) is 0.508. The summed E-state index contributed by atoms with van der Waals surface area (Å²) in [6, 6.07) is 23.1. The van der Waals surface area contributed by atoms with Gasteiger partial charge in [0.15, 0.2) is 6.04 Å². The van der Waals surface area contributed by atoms with Crippen LogP contribution in [0.25, 0.3) is 21.8 Å². The summed E-state index contributed by atoms with van der Waals surface area (Å²) >= 11 is 0. The predicted molar refractivity (Wildman–Crippen MR) is 135 cm³/mol. The van der Waals surface area contributed by atoms with Gasteiger partial charge in [-0.25, -0.2) is 4.68 Å². The maximum atomic E-state index is 14.1. The van der Waals surface area contributed by atoms with Crippen LogP contribution in [-0.2, 0) is 20.9 Å². The zero-order valence-electron chi connectivity index (χ0n) is 19.7. The van der Waals surface area contributed by atoms with Crippen molar-refractivity contribution >= 4 is 39.3 Å². The molecule has 0 saturated carbocycles. The lowest BCUT2D eigenvalue weighted by molar-refractivity contribution is -0.127. The molecule has 0 aliphatic heterocycles. The van der Waals surface area contributed by atoms with E-state index in [0.29, 0.717) is 23.6 Å². The third-order valence-corrected chi connectivity index (χ3v) is 5.92. The highest BCUT2D eigenvalue weighted by Gasteiger charge is 2.35. The number of hydrogen-bond acceptors (Lipinski definition) is 6. The van der Waals surface area contributed by atoms with Gasteiger partial charge >= 0.3 is 0 Å². The van der Waals surface area contributed by atoms with Gasteiger partial charge in [-0.3, -0.25) is 14.5 Å². The first kappa shape index (κ1) is 23.3. The molecular weight excluding hydrogens is 458 g/mol. The minimum Gasteiger partial charge on any atom is -0.467 e. The molecule has 9 nitrogen and oxygen atoms in total. The number of hydrogen-bond donors (Lipinski definition) is 1. The van der Waals surface area contributed by atoms with Gasteiger partial charge < -0.3 is 14.5 Å². The Morgan fingerprint density at radius 2 is 1.83 bits per heavy atom. The molecule has 36 heavy (non-hydrogen) atoms. The monoisotopic (exact) mass is 483 g/mol. The molecule has 1 atom stereocenters. The molecule has 5 rings (SSSR count). The Balaban J connectivity index is 1.62. The predicted octanol–water partition coefficient (Wildman–Crippen LogP) is 3.71. The number of amides is 2. The molecule has 2 heterocycles. The summed E-state index contributed by atoms with van der Waals surface area (Å²) in [7, 11) is 1.56. The molecule has 0 bridgehead atoms. The number of aromatic nitrogens is 3. The van der Waals surface area contributed by atoms with Crippen LogP contribution < -0.4 is 10.2 Å². The Labute approximate surface area is 207 Å². The maximum Gasteiger partial charge on any atom is 0.251 e. The Hall–Kier alpha value is -4.50. The fourth-order valence-corrected chi connectivity index (χ4v) is 4.27. The number of anilines is 1. The average molecular weight is 484 g/mol. The average Bonchev–Trinajstić information content (AvgIpc) is 3.58. The first-order valence-corrected chi connectivity index (χ1v) is 11.6. The summed E-state index contributed by atoms with van der Waals surface area (Å²) < 4.78 is 12.3. The van der Waals surface area contributed by atoms with Gasteiger partial charge in [-0.15, -0.1) is 5.10 Å². The Morgan fingerprint density at radius 1 is 1.03 bits per heavy atom. The zero-order valence-corrected chi connectivity index (χ0v) is 19.7. The van der Waals surface area contributed by atoms with E-state index in [2.05, 4.69) is 15.6 Å². The summed E-state index contributed by atoms with van der Waals surface area (Å²) in [5.41, 5.74) is 2.00. The molecule has 9 heteroatoms. The molecule has 0 radical (unpaired) electrons. The molecule has 2 aromatic heterocycles. The zero-order chi connectivity index (χ0) is 24.9. The molecule has 3 aromatic carbocycles. The lowest BCUT2D eigenvalue weighted by atomic mass is 10.0. The first-order chi connectivity index (χ1) is 17.7. The number of nitrogens with zero attached hydrogens (tertiary/aromatic N) is 4. The van der Waals surface area contributed by atoms with E-state index in [-0.39, 0.29) is 24.9 Å². The number of ether oxygens (including phenoxy) is 1. The van der Waals surface area contributed by atoms with Crippen LogP contribution in [0.1, 0.15) is 11.8 Å². The van der Waals surface area contributed by atoms with E-state index in [0.717, 1.165) is 16.3 Å². The largest absolute Gasteiger partial charge is 0.467 e. The summed E-state index contributed by atoms with van der Waals surface area (Å²) in [4.78, 5) is 29.1. The summed E-state index contributed by atoms with van der Waals surface area (Å²) in [6.07, 6.45) is 1.49. The Morgan fingerprint density at radius 3 is 2.67 bits per heavy atom. The van der Waals surface area contributed by atoms with Crippen molar-refractivity contribution < 1.29 is 18.7 Å². The molecule has 182 valence electrons. The van der Waals surface area contributed by atoms with Crippen LogP contribution in [0.5, 0.6) is 0 Å². The van der Waals surface area contributed by atoms with E-state index in [1.54, 1.807) is 19.2 Å². The molecule has 5 aromatic rings. The number of furan rings is 1. The maximum absolute atomic E-state index is 14.1. The van der Waals surface area contributed by atoms with Gasteiger partial charge in [-0.05, 0) is 35.7 Å². The highest BCUT2D eigenvalue weighted by atomic mass is 16.5. The smallest absolute Gasteiger partial charge is 0.251 e. The lowest BCUT2D eigenvalue weighted by Gasteiger charge is -2.31. The summed E-state index contributed by atoms with van der Waals surface area (Å²) in [5, 5.41) is 13.0. The molecule has 0 spiro atoms.